The second-order valence-corrected chi connectivity index (χ2v) is 10.5. The number of nitrogens with one attached hydrogen (secondary N) is 1. The number of aromatic nitrogens is 4. The number of halogens is 1. The van der Waals surface area contributed by atoms with Crippen LogP contribution in [0, 0.1) is 6.92 Å². The second-order valence-electron chi connectivity index (χ2n) is 9.04. The predicted molar refractivity (Wildman–Crippen MR) is 141 cm³/mol. The standard InChI is InChI=1S/C25H28ClN7OS/c1-15-12-32(8-9-33(15)25(34)29-16(2)18-6-5-7-19(26)10-18)24-23-21(27-14-28-24)11-22(35-23)20-13-31(4)30-17(20)3/h5-7,10-11,13-16H,8-9,12H2,1-4H3,(H,29,34)/t15?,16-/m0/s1. The molecule has 4 heterocycles. The molecule has 1 saturated heterocycles. The number of aryl methyl sites for hydroxylation is 2. The highest BCUT2D eigenvalue weighted by atomic mass is 35.5. The lowest BCUT2D eigenvalue weighted by molar-refractivity contribution is 0.168. The van der Waals surface area contributed by atoms with E-state index >= 15 is 0 Å². The highest BCUT2D eigenvalue weighted by molar-refractivity contribution is 7.22. The van der Waals surface area contributed by atoms with Gasteiger partial charge in [-0.25, -0.2) is 14.8 Å². The average Bonchev–Trinajstić information content (AvgIpc) is 3.40. The van der Waals surface area contributed by atoms with Crippen molar-refractivity contribution in [3.05, 3.63) is 59.1 Å². The van der Waals surface area contributed by atoms with Crippen LogP contribution in [0.1, 0.15) is 31.1 Å². The van der Waals surface area contributed by atoms with Crippen LogP contribution in [-0.4, -0.2) is 56.4 Å². The van der Waals surface area contributed by atoms with Crippen LogP contribution >= 0.6 is 22.9 Å². The molecule has 4 aromatic rings. The summed E-state index contributed by atoms with van der Waals surface area (Å²) in [5.74, 6) is 0.923. The van der Waals surface area contributed by atoms with E-state index in [0.717, 1.165) is 37.7 Å². The molecule has 8 nitrogen and oxygen atoms in total. The number of benzene rings is 1. The van der Waals surface area contributed by atoms with E-state index < -0.39 is 0 Å². The summed E-state index contributed by atoms with van der Waals surface area (Å²) < 4.78 is 2.89. The zero-order chi connectivity index (χ0) is 24.7. The number of hydrogen-bond donors (Lipinski definition) is 1. The fourth-order valence-corrected chi connectivity index (χ4v) is 6.01. The lowest BCUT2D eigenvalue weighted by Crippen LogP contribution is -2.57. The molecule has 1 aliphatic heterocycles. The molecule has 2 amide bonds. The molecule has 1 aliphatic rings. The fourth-order valence-electron chi connectivity index (χ4n) is 4.62. The summed E-state index contributed by atoms with van der Waals surface area (Å²) in [5.41, 5.74) is 4.03. The van der Waals surface area contributed by atoms with Crippen molar-refractivity contribution in [3.63, 3.8) is 0 Å². The molecule has 10 heteroatoms. The highest BCUT2D eigenvalue weighted by Crippen LogP contribution is 2.38. The summed E-state index contributed by atoms with van der Waals surface area (Å²) in [6, 6.07) is 9.53. The van der Waals surface area contributed by atoms with Crippen LogP contribution in [0.5, 0.6) is 0 Å². The van der Waals surface area contributed by atoms with Gasteiger partial charge in [0.05, 0.1) is 22.0 Å². The molecule has 1 fully saturated rings. The quantitative estimate of drug-likeness (QED) is 0.417. The maximum absolute atomic E-state index is 13.1. The van der Waals surface area contributed by atoms with Crippen LogP contribution in [-0.2, 0) is 7.05 Å². The van der Waals surface area contributed by atoms with Crippen molar-refractivity contribution in [3.8, 4) is 10.4 Å². The largest absolute Gasteiger partial charge is 0.351 e. The zero-order valence-electron chi connectivity index (χ0n) is 20.2. The van der Waals surface area contributed by atoms with Crippen molar-refractivity contribution in [2.75, 3.05) is 24.5 Å². The molecule has 0 saturated carbocycles. The molecule has 2 atom stereocenters. The highest BCUT2D eigenvalue weighted by Gasteiger charge is 2.30. The molecular formula is C25H28ClN7OS. The molecule has 1 aromatic carbocycles. The minimum Gasteiger partial charge on any atom is -0.351 e. The first-order valence-corrected chi connectivity index (χ1v) is 12.8. The van der Waals surface area contributed by atoms with Gasteiger partial charge in [-0.3, -0.25) is 4.68 Å². The molecular weight excluding hydrogens is 482 g/mol. The van der Waals surface area contributed by atoms with Crippen molar-refractivity contribution in [1.82, 2.24) is 30.0 Å². The molecule has 5 rings (SSSR count). The van der Waals surface area contributed by atoms with Crippen LogP contribution in [0.25, 0.3) is 20.7 Å². The maximum Gasteiger partial charge on any atom is 0.318 e. The number of rotatable bonds is 4. The zero-order valence-corrected chi connectivity index (χ0v) is 21.8. The van der Waals surface area contributed by atoms with Gasteiger partial charge in [0.1, 0.15) is 12.1 Å². The van der Waals surface area contributed by atoms with Crippen molar-refractivity contribution >= 4 is 45.0 Å². The number of carbonyl (C=O) groups is 1. The summed E-state index contributed by atoms with van der Waals surface area (Å²) in [6.07, 6.45) is 3.66. The summed E-state index contributed by atoms with van der Waals surface area (Å²) in [5, 5.41) is 8.25. The lowest BCUT2D eigenvalue weighted by Gasteiger charge is -2.40. The molecule has 0 aliphatic carbocycles. The van der Waals surface area contributed by atoms with E-state index in [1.54, 1.807) is 17.7 Å². The normalized spacial score (nSPS) is 17.1. The van der Waals surface area contributed by atoms with Crippen molar-refractivity contribution in [1.29, 1.82) is 0 Å². The molecule has 1 unspecified atom stereocenters. The van der Waals surface area contributed by atoms with Crippen molar-refractivity contribution in [2.45, 2.75) is 32.9 Å². The Morgan fingerprint density at radius 3 is 2.80 bits per heavy atom. The monoisotopic (exact) mass is 509 g/mol. The number of fused-ring (bicyclic) bond motifs is 1. The van der Waals surface area contributed by atoms with Gasteiger partial charge < -0.3 is 15.1 Å². The van der Waals surface area contributed by atoms with Gasteiger partial charge in [0, 0.05) is 54.4 Å². The van der Waals surface area contributed by atoms with Crippen molar-refractivity contribution < 1.29 is 4.79 Å². The Kier molecular flexibility index (Phi) is 6.37. The number of piperazine rings is 1. The predicted octanol–water partition coefficient (Wildman–Crippen LogP) is 5.03. The number of amides is 2. The Morgan fingerprint density at radius 2 is 2.09 bits per heavy atom. The van der Waals surface area contributed by atoms with E-state index in [-0.39, 0.29) is 18.1 Å². The third kappa shape index (κ3) is 4.70. The van der Waals surface area contributed by atoms with Gasteiger partial charge in [-0.05, 0) is 44.5 Å². The molecule has 0 spiro atoms. The summed E-state index contributed by atoms with van der Waals surface area (Å²) in [7, 11) is 1.93. The molecule has 3 aromatic heterocycles. The molecule has 35 heavy (non-hydrogen) atoms. The molecule has 182 valence electrons. The molecule has 0 bridgehead atoms. The third-order valence-corrected chi connectivity index (χ3v) is 7.84. The first kappa shape index (κ1) is 23.6. The molecule has 1 N–H and O–H groups in total. The van der Waals surface area contributed by atoms with Crippen LogP contribution in [0.15, 0.2) is 42.9 Å². The van der Waals surface area contributed by atoms with E-state index in [2.05, 4.69) is 38.3 Å². The SMILES string of the molecule is Cc1nn(C)cc1-c1cc2ncnc(N3CCN(C(=O)N[C@@H](C)c4cccc(Cl)c4)C(C)C3)c2s1. The van der Waals surface area contributed by atoms with Crippen LogP contribution in [0.4, 0.5) is 10.6 Å². The van der Waals surface area contributed by atoms with Gasteiger partial charge in [0.2, 0.25) is 0 Å². The Labute approximate surface area is 213 Å². The van der Waals surface area contributed by atoms with Crippen molar-refractivity contribution in [2.24, 2.45) is 7.05 Å². The van der Waals surface area contributed by atoms with Gasteiger partial charge in [-0.1, -0.05) is 23.7 Å². The van der Waals surface area contributed by atoms with Gasteiger partial charge in [0.25, 0.3) is 0 Å². The number of thiophene rings is 1. The number of anilines is 1. The van der Waals surface area contributed by atoms with Gasteiger partial charge in [0.15, 0.2) is 0 Å². The van der Waals surface area contributed by atoms with Gasteiger partial charge in [-0.15, -0.1) is 11.3 Å². The van der Waals surface area contributed by atoms with Gasteiger partial charge >= 0.3 is 6.03 Å². The summed E-state index contributed by atoms with van der Waals surface area (Å²) >= 11 is 7.81. The van der Waals surface area contributed by atoms with E-state index in [1.165, 1.54) is 0 Å². The number of carbonyl (C=O) groups excluding carboxylic acids is 1. The average molecular weight is 510 g/mol. The Bertz CT molecular complexity index is 1380. The van der Waals surface area contributed by atoms with E-state index in [4.69, 9.17) is 11.6 Å². The van der Waals surface area contributed by atoms with E-state index in [0.29, 0.717) is 24.7 Å². The number of hydrogen-bond acceptors (Lipinski definition) is 6. The minimum atomic E-state index is -0.131. The van der Waals surface area contributed by atoms with Crippen LogP contribution < -0.4 is 10.2 Å². The second kappa shape index (κ2) is 9.47. The lowest BCUT2D eigenvalue weighted by atomic mass is 10.1. The Balaban J connectivity index is 1.31. The Morgan fingerprint density at radius 1 is 1.26 bits per heavy atom. The van der Waals surface area contributed by atoms with E-state index in [1.807, 2.05) is 60.9 Å². The number of nitrogens with zero attached hydrogens (tertiary/aromatic N) is 6. The molecule has 0 radical (unpaired) electrons. The minimum absolute atomic E-state index is 0.0281. The fraction of sp³-hybridized carbons (Fsp3) is 0.360. The summed E-state index contributed by atoms with van der Waals surface area (Å²) in [6.45, 7) is 8.08. The maximum atomic E-state index is 13.1. The van der Waals surface area contributed by atoms with Crippen LogP contribution in [0.3, 0.4) is 0 Å². The van der Waals surface area contributed by atoms with E-state index in [9.17, 15) is 4.79 Å². The third-order valence-electron chi connectivity index (χ3n) is 6.45. The Hall–Kier alpha value is -3.17. The topological polar surface area (TPSA) is 79.2 Å². The smallest absolute Gasteiger partial charge is 0.318 e. The number of urea groups is 1. The first-order chi connectivity index (χ1) is 16.8. The first-order valence-electron chi connectivity index (χ1n) is 11.6. The van der Waals surface area contributed by atoms with Gasteiger partial charge in [-0.2, -0.15) is 5.10 Å². The summed E-state index contributed by atoms with van der Waals surface area (Å²) in [4.78, 5) is 27.5. The van der Waals surface area contributed by atoms with Crippen LogP contribution in [0.2, 0.25) is 5.02 Å².